The number of ether oxygens (including phenoxy) is 1. The van der Waals surface area contributed by atoms with Crippen LogP contribution < -0.4 is 11.1 Å². The molecular weight excluding hydrogens is 192 g/mol. The Labute approximate surface area is 92.6 Å². The third-order valence-corrected chi connectivity index (χ3v) is 2.52. The first-order valence-corrected chi connectivity index (χ1v) is 5.44. The zero-order valence-electron chi connectivity index (χ0n) is 10.4. The van der Waals surface area contributed by atoms with E-state index in [1.807, 2.05) is 13.8 Å². The summed E-state index contributed by atoms with van der Waals surface area (Å²) in [4.78, 5) is 11.2. The smallest absolute Gasteiger partial charge is 0.234 e. The summed E-state index contributed by atoms with van der Waals surface area (Å²) in [5, 5.41) is 3.25. The van der Waals surface area contributed by atoms with Gasteiger partial charge in [-0.3, -0.25) is 4.79 Å². The summed E-state index contributed by atoms with van der Waals surface area (Å²) < 4.78 is 5.11. The summed E-state index contributed by atoms with van der Waals surface area (Å²) in [6, 6.07) is -0.123. The highest BCUT2D eigenvalue weighted by Gasteiger charge is 2.24. The highest BCUT2D eigenvalue weighted by atomic mass is 16.5. The summed E-state index contributed by atoms with van der Waals surface area (Å²) in [7, 11) is 1.66. The Kier molecular flexibility index (Phi) is 6.52. The fourth-order valence-electron chi connectivity index (χ4n) is 1.45. The van der Waals surface area contributed by atoms with Gasteiger partial charge in [-0.2, -0.15) is 0 Å². The highest BCUT2D eigenvalue weighted by Crippen LogP contribution is 2.08. The van der Waals surface area contributed by atoms with E-state index in [0.717, 1.165) is 0 Å². The van der Waals surface area contributed by atoms with Crippen molar-refractivity contribution in [2.75, 3.05) is 13.7 Å². The normalized spacial score (nSPS) is 15.7. The van der Waals surface area contributed by atoms with Crippen LogP contribution >= 0.6 is 0 Å². The molecule has 0 spiro atoms. The Bertz CT molecular complexity index is 193. The average Bonchev–Trinajstić information content (AvgIpc) is 2.10. The van der Waals surface area contributed by atoms with E-state index in [2.05, 4.69) is 19.2 Å². The molecule has 0 aromatic carbocycles. The lowest BCUT2D eigenvalue weighted by Gasteiger charge is -2.28. The Morgan fingerprint density at radius 1 is 1.27 bits per heavy atom. The Hall–Kier alpha value is -0.610. The molecule has 15 heavy (non-hydrogen) atoms. The van der Waals surface area contributed by atoms with Gasteiger partial charge in [-0.05, 0) is 11.8 Å². The van der Waals surface area contributed by atoms with Gasteiger partial charge in [-0.25, -0.2) is 0 Å². The molecule has 0 fully saturated rings. The number of primary amides is 1. The van der Waals surface area contributed by atoms with Gasteiger partial charge < -0.3 is 15.8 Å². The van der Waals surface area contributed by atoms with Gasteiger partial charge in [0.1, 0.15) is 0 Å². The van der Waals surface area contributed by atoms with Gasteiger partial charge in [0, 0.05) is 13.2 Å². The topological polar surface area (TPSA) is 64.3 Å². The summed E-state index contributed by atoms with van der Waals surface area (Å²) in [6.45, 7) is 8.73. The Morgan fingerprint density at radius 3 is 2.07 bits per heavy atom. The van der Waals surface area contributed by atoms with Crippen molar-refractivity contribution in [3.05, 3.63) is 0 Å². The summed E-state index contributed by atoms with van der Waals surface area (Å²) in [5.41, 5.74) is 5.34. The molecule has 0 radical (unpaired) electrons. The minimum absolute atomic E-state index is 0.162. The average molecular weight is 216 g/mol. The number of amides is 1. The van der Waals surface area contributed by atoms with Crippen LogP contribution in [-0.2, 0) is 9.53 Å². The number of rotatable bonds is 7. The molecule has 0 rings (SSSR count). The van der Waals surface area contributed by atoms with Crippen molar-refractivity contribution in [2.45, 2.75) is 39.8 Å². The lowest BCUT2D eigenvalue weighted by Crippen LogP contribution is -2.52. The molecule has 1 amide bonds. The van der Waals surface area contributed by atoms with Crippen molar-refractivity contribution in [2.24, 2.45) is 17.6 Å². The van der Waals surface area contributed by atoms with Crippen molar-refractivity contribution < 1.29 is 9.53 Å². The van der Waals surface area contributed by atoms with Gasteiger partial charge >= 0.3 is 0 Å². The first-order valence-electron chi connectivity index (χ1n) is 5.44. The molecular formula is C11H24N2O2. The minimum atomic E-state index is -0.299. The van der Waals surface area contributed by atoms with E-state index in [9.17, 15) is 4.79 Å². The quantitative estimate of drug-likeness (QED) is 0.660. The molecule has 2 unspecified atom stereocenters. The second kappa shape index (κ2) is 6.80. The van der Waals surface area contributed by atoms with Gasteiger partial charge in [-0.15, -0.1) is 0 Å². The lowest BCUT2D eigenvalue weighted by atomic mass is 9.99. The molecule has 3 N–H and O–H groups in total. The van der Waals surface area contributed by atoms with Gasteiger partial charge in [0.05, 0.1) is 12.6 Å². The molecule has 0 aliphatic heterocycles. The van der Waals surface area contributed by atoms with E-state index in [0.29, 0.717) is 12.5 Å². The number of nitrogens with two attached hydrogens (primary N) is 1. The van der Waals surface area contributed by atoms with Crippen LogP contribution in [0.3, 0.4) is 0 Å². The van der Waals surface area contributed by atoms with E-state index in [1.165, 1.54) is 0 Å². The van der Waals surface area contributed by atoms with Crippen LogP contribution in [0, 0.1) is 11.8 Å². The molecule has 4 heteroatoms. The molecule has 0 saturated heterocycles. The van der Waals surface area contributed by atoms with E-state index in [-0.39, 0.29) is 23.9 Å². The van der Waals surface area contributed by atoms with Gasteiger partial charge in [0.15, 0.2) is 0 Å². The number of methoxy groups -OCH3 is 1. The zero-order chi connectivity index (χ0) is 12.0. The first-order chi connectivity index (χ1) is 6.90. The van der Waals surface area contributed by atoms with Crippen LogP contribution in [-0.4, -0.2) is 31.7 Å². The van der Waals surface area contributed by atoms with Gasteiger partial charge in [0.25, 0.3) is 0 Å². The monoisotopic (exact) mass is 216 g/mol. The second-order valence-electron chi connectivity index (χ2n) is 4.60. The summed E-state index contributed by atoms with van der Waals surface area (Å²) in [5.74, 6) is 0.304. The number of nitrogens with one attached hydrogen (secondary N) is 1. The predicted octanol–water partition coefficient (Wildman–Crippen LogP) is 0.757. The maximum absolute atomic E-state index is 11.2. The molecule has 4 nitrogen and oxygen atoms in total. The third-order valence-electron chi connectivity index (χ3n) is 2.52. The Balaban J connectivity index is 4.40. The minimum Gasteiger partial charge on any atom is -0.383 e. The maximum atomic E-state index is 11.2. The van der Waals surface area contributed by atoms with E-state index < -0.39 is 0 Å². The van der Waals surface area contributed by atoms with Crippen molar-refractivity contribution in [3.63, 3.8) is 0 Å². The second-order valence-corrected chi connectivity index (χ2v) is 4.60. The van der Waals surface area contributed by atoms with E-state index >= 15 is 0 Å². The maximum Gasteiger partial charge on any atom is 0.234 e. The molecule has 0 aromatic heterocycles. The molecule has 90 valence electrons. The van der Waals surface area contributed by atoms with Gasteiger partial charge in [-0.1, -0.05) is 27.7 Å². The SMILES string of the molecule is COCC(NC(C(N)=O)C(C)C)C(C)C. The molecule has 0 aliphatic carbocycles. The van der Waals surface area contributed by atoms with E-state index in [4.69, 9.17) is 10.5 Å². The molecule has 0 aromatic rings. The Morgan fingerprint density at radius 2 is 1.80 bits per heavy atom. The molecule has 0 aliphatic rings. The largest absolute Gasteiger partial charge is 0.383 e. The van der Waals surface area contributed by atoms with Crippen molar-refractivity contribution in [1.82, 2.24) is 5.32 Å². The van der Waals surface area contributed by atoms with Crippen LogP contribution in [0.1, 0.15) is 27.7 Å². The fourth-order valence-corrected chi connectivity index (χ4v) is 1.45. The zero-order valence-corrected chi connectivity index (χ0v) is 10.4. The van der Waals surface area contributed by atoms with Gasteiger partial charge in [0.2, 0.25) is 5.91 Å². The van der Waals surface area contributed by atoms with Crippen molar-refractivity contribution >= 4 is 5.91 Å². The van der Waals surface area contributed by atoms with Crippen molar-refractivity contribution in [3.8, 4) is 0 Å². The fraction of sp³-hybridized carbons (Fsp3) is 0.909. The number of carbonyl (C=O) groups excluding carboxylic acids is 1. The number of hydrogen-bond acceptors (Lipinski definition) is 3. The van der Waals surface area contributed by atoms with Crippen LogP contribution in [0.2, 0.25) is 0 Å². The number of hydrogen-bond donors (Lipinski definition) is 2. The molecule has 0 heterocycles. The van der Waals surface area contributed by atoms with Crippen LogP contribution in [0.25, 0.3) is 0 Å². The summed E-state index contributed by atoms with van der Waals surface area (Å²) >= 11 is 0. The van der Waals surface area contributed by atoms with Crippen molar-refractivity contribution in [1.29, 1.82) is 0 Å². The summed E-state index contributed by atoms with van der Waals surface area (Å²) in [6.07, 6.45) is 0. The standard InChI is InChI=1S/C11H24N2O2/c1-7(2)9(6-15-5)13-10(8(3)4)11(12)14/h7-10,13H,6H2,1-5H3,(H2,12,14). The molecule has 0 bridgehead atoms. The predicted molar refractivity (Wildman–Crippen MR) is 61.5 cm³/mol. The first kappa shape index (κ1) is 14.4. The number of carbonyl (C=O) groups is 1. The molecule has 0 saturated carbocycles. The van der Waals surface area contributed by atoms with Crippen LogP contribution in [0.4, 0.5) is 0 Å². The van der Waals surface area contributed by atoms with Crippen LogP contribution in [0.5, 0.6) is 0 Å². The van der Waals surface area contributed by atoms with Crippen LogP contribution in [0.15, 0.2) is 0 Å². The van der Waals surface area contributed by atoms with E-state index in [1.54, 1.807) is 7.11 Å². The lowest BCUT2D eigenvalue weighted by molar-refractivity contribution is -0.121. The molecule has 2 atom stereocenters. The highest BCUT2D eigenvalue weighted by molar-refractivity contribution is 5.80. The third kappa shape index (κ3) is 5.14.